The van der Waals surface area contributed by atoms with Crippen LogP contribution in [0.15, 0.2) is 18.2 Å². The van der Waals surface area contributed by atoms with Crippen LogP contribution in [-0.2, 0) is 0 Å². The molecule has 0 heterocycles. The van der Waals surface area contributed by atoms with Crippen molar-refractivity contribution < 1.29 is 14.8 Å². The molecule has 0 amide bonds. The van der Waals surface area contributed by atoms with Crippen molar-refractivity contribution in [1.29, 1.82) is 5.26 Å². The van der Waals surface area contributed by atoms with Crippen LogP contribution in [-0.4, -0.2) is 16.0 Å². The zero-order valence-electron chi connectivity index (χ0n) is 6.80. The molecule has 0 unspecified atom stereocenters. The Hall–Kier alpha value is -2.42. The summed E-state index contributed by atoms with van der Waals surface area (Å²) in [5.41, 5.74) is -0.800. The summed E-state index contributed by atoms with van der Waals surface area (Å²) < 4.78 is 0. The van der Waals surface area contributed by atoms with Gasteiger partial charge in [-0.15, -0.1) is 0 Å². The minimum Gasteiger partial charge on any atom is -0.478 e. The fourth-order valence-electron chi connectivity index (χ4n) is 0.920. The molecule has 0 aliphatic heterocycles. The highest BCUT2D eigenvalue weighted by molar-refractivity contribution is 5.91. The third-order valence-corrected chi connectivity index (χ3v) is 1.56. The van der Waals surface area contributed by atoms with E-state index in [9.17, 15) is 14.9 Å². The first-order chi connectivity index (χ1) is 6.56. The second-order valence-corrected chi connectivity index (χ2v) is 2.40. The smallest absolute Gasteiger partial charge is 0.337 e. The highest BCUT2D eigenvalue weighted by atomic mass is 16.6. The number of rotatable bonds is 2. The molecule has 1 rings (SSSR count). The van der Waals surface area contributed by atoms with Gasteiger partial charge < -0.3 is 5.11 Å². The molecule has 0 saturated carbocycles. The summed E-state index contributed by atoms with van der Waals surface area (Å²) in [6.45, 7) is 0. The number of benzene rings is 1. The van der Waals surface area contributed by atoms with Crippen LogP contribution in [0.25, 0.3) is 0 Å². The van der Waals surface area contributed by atoms with Crippen LogP contribution in [0.4, 0.5) is 5.69 Å². The number of non-ortho nitro benzene ring substituents is 1. The molecule has 14 heavy (non-hydrogen) atoms. The lowest BCUT2D eigenvalue weighted by atomic mass is 10.1. The molecule has 6 heteroatoms. The van der Waals surface area contributed by atoms with Gasteiger partial charge in [-0.3, -0.25) is 10.1 Å². The first-order valence-electron chi connectivity index (χ1n) is 3.48. The maximum Gasteiger partial charge on any atom is 0.337 e. The van der Waals surface area contributed by atoms with Crippen LogP contribution in [0.2, 0.25) is 0 Å². The van der Waals surface area contributed by atoms with E-state index in [-0.39, 0.29) is 16.8 Å². The van der Waals surface area contributed by atoms with Crippen molar-refractivity contribution in [2.45, 2.75) is 0 Å². The fourth-order valence-corrected chi connectivity index (χ4v) is 0.920. The van der Waals surface area contributed by atoms with Crippen molar-refractivity contribution in [3.8, 4) is 6.07 Å². The number of nitro benzene ring substituents is 1. The van der Waals surface area contributed by atoms with Crippen molar-refractivity contribution in [3.05, 3.63) is 39.4 Å². The topological polar surface area (TPSA) is 104 Å². The van der Waals surface area contributed by atoms with E-state index in [1.165, 1.54) is 0 Å². The molecule has 0 saturated heterocycles. The average Bonchev–Trinajstić information content (AvgIpc) is 2.16. The molecule has 0 radical (unpaired) electrons. The highest BCUT2D eigenvalue weighted by Gasteiger charge is 2.15. The molecule has 0 spiro atoms. The van der Waals surface area contributed by atoms with Crippen molar-refractivity contribution in [2.24, 2.45) is 0 Å². The summed E-state index contributed by atoms with van der Waals surface area (Å²) in [6, 6.07) is 4.70. The minimum absolute atomic E-state index is 0.0944. The Morgan fingerprint density at radius 2 is 2.21 bits per heavy atom. The van der Waals surface area contributed by atoms with E-state index in [1.807, 2.05) is 0 Å². The summed E-state index contributed by atoms with van der Waals surface area (Å²) in [7, 11) is 0. The van der Waals surface area contributed by atoms with Crippen LogP contribution in [0.5, 0.6) is 0 Å². The maximum atomic E-state index is 10.6. The Labute approximate surface area is 78.2 Å². The zero-order valence-corrected chi connectivity index (χ0v) is 6.80. The number of hydrogen-bond donors (Lipinski definition) is 1. The van der Waals surface area contributed by atoms with E-state index in [4.69, 9.17) is 10.4 Å². The van der Waals surface area contributed by atoms with E-state index >= 15 is 0 Å². The summed E-state index contributed by atoms with van der Waals surface area (Å²) in [4.78, 5) is 20.2. The Morgan fingerprint density at radius 1 is 1.57 bits per heavy atom. The van der Waals surface area contributed by atoms with Gasteiger partial charge in [0.05, 0.1) is 16.1 Å². The van der Waals surface area contributed by atoms with Gasteiger partial charge in [-0.05, 0) is 6.07 Å². The average molecular weight is 192 g/mol. The van der Waals surface area contributed by atoms with Gasteiger partial charge >= 0.3 is 5.97 Å². The van der Waals surface area contributed by atoms with E-state index in [1.54, 1.807) is 6.07 Å². The zero-order chi connectivity index (χ0) is 10.7. The molecule has 0 bridgehead atoms. The molecule has 1 N–H and O–H groups in total. The Bertz CT molecular complexity index is 447. The monoisotopic (exact) mass is 192 g/mol. The number of nitrogens with zero attached hydrogens (tertiary/aromatic N) is 2. The van der Waals surface area contributed by atoms with Gasteiger partial charge in [0.1, 0.15) is 6.07 Å². The number of carboxylic acid groups (broad SMARTS) is 1. The quantitative estimate of drug-likeness (QED) is 0.559. The van der Waals surface area contributed by atoms with Gasteiger partial charge in [0.2, 0.25) is 0 Å². The fraction of sp³-hybridized carbons (Fsp3) is 0. The molecule has 1 aromatic rings. The first-order valence-corrected chi connectivity index (χ1v) is 3.48. The number of carboxylic acids is 1. The third-order valence-electron chi connectivity index (χ3n) is 1.56. The molecular formula is C8H4N2O4. The van der Waals surface area contributed by atoms with E-state index < -0.39 is 10.9 Å². The second-order valence-electron chi connectivity index (χ2n) is 2.40. The predicted octanol–water partition coefficient (Wildman–Crippen LogP) is 1.16. The van der Waals surface area contributed by atoms with Crippen LogP contribution in [0.3, 0.4) is 0 Å². The summed E-state index contributed by atoms with van der Waals surface area (Å²) in [5, 5.41) is 27.4. The molecule has 0 aromatic heterocycles. The van der Waals surface area contributed by atoms with Crippen LogP contribution in [0.1, 0.15) is 15.9 Å². The minimum atomic E-state index is -1.36. The Morgan fingerprint density at radius 3 is 2.64 bits per heavy atom. The summed E-state index contributed by atoms with van der Waals surface area (Å²) in [5.74, 6) is -1.36. The number of carbonyl (C=O) groups is 1. The van der Waals surface area contributed by atoms with Crippen LogP contribution >= 0.6 is 0 Å². The molecule has 0 aliphatic carbocycles. The SMILES string of the molecule is N#Cc1ccc([N+](=O)[O-])cc1C(=O)O. The Kier molecular flexibility index (Phi) is 2.44. The largest absolute Gasteiger partial charge is 0.478 e. The molecule has 0 fully saturated rings. The highest BCUT2D eigenvalue weighted by Crippen LogP contribution is 2.17. The molecule has 0 atom stereocenters. The van der Waals surface area contributed by atoms with Crippen molar-refractivity contribution >= 4 is 11.7 Å². The summed E-state index contributed by atoms with van der Waals surface area (Å²) in [6.07, 6.45) is 0. The molecule has 1 aromatic carbocycles. The van der Waals surface area contributed by atoms with E-state index in [2.05, 4.69) is 0 Å². The number of hydrogen-bond acceptors (Lipinski definition) is 4. The lowest BCUT2D eigenvalue weighted by Gasteiger charge is -1.97. The molecule has 70 valence electrons. The summed E-state index contributed by atoms with van der Waals surface area (Å²) >= 11 is 0. The first kappa shape index (κ1) is 9.67. The van der Waals surface area contributed by atoms with Crippen molar-refractivity contribution in [3.63, 3.8) is 0 Å². The van der Waals surface area contributed by atoms with Gasteiger partial charge in [0.15, 0.2) is 0 Å². The second kappa shape index (κ2) is 3.53. The lowest BCUT2D eigenvalue weighted by Crippen LogP contribution is -2.01. The molecule has 6 nitrogen and oxygen atoms in total. The predicted molar refractivity (Wildman–Crippen MR) is 44.8 cm³/mol. The van der Waals surface area contributed by atoms with Gasteiger partial charge in [0, 0.05) is 12.1 Å². The van der Waals surface area contributed by atoms with Gasteiger partial charge in [-0.25, -0.2) is 4.79 Å². The third kappa shape index (κ3) is 1.67. The van der Waals surface area contributed by atoms with E-state index in [0.29, 0.717) is 0 Å². The van der Waals surface area contributed by atoms with Gasteiger partial charge in [-0.1, -0.05) is 0 Å². The number of nitro groups is 1. The molecular weight excluding hydrogens is 188 g/mol. The molecule has 0 aliphatic rings. The maximum absolute atomic E-state index is 10.6. The lowest BCUT2D eigenvalue weighted by molar-refractivity contribution is -0.384. The van der Waals surface area contributed by atoms with Crippen molar-refractivity contribution in [1.82, 2.24) is 0 Å². The van der Waals surface area contributed by atoms with Crippen molar-refractivity contribution in [2.75, 3.05) is 0 Å². The van der Waals surface area contributed by atoms with Gasteiger partial charge in [0.25, 0.3) is 5.69 Å². The van der Waals surface area contributed by atoms with E-state index in [0.717, 1.165) is 18.2 Å². The number of nitriles is 1. The standard InChI is InChI=1S/C8H4N2O4/c9-4-5-1-2-6(10(13)14)3-7(5)8(11)12/h1-3H,(H,11,12). The Balaban J connectivity index is 3.37. The van der Waals surface area contributed by atoms with Gasteiger partial charge in [-0.2, -0.15) is 5.26 Å². The normalized spacial score (nSPS) is 9.07. The van der Waals surface area contributed by atoms with Crippen LogP contribution < -0.4 is 0 Å². The number of aromatic carboxylic acids is 1. The van der Waals surface area contributed by atoms with Crippen LogP contribution in [0, 0.1) is 21.4 Å².